The fourth-order valence-corrected chi connectivity index (χ4v) is 0.326. The number of carboxylic acids is 1. The van der Waals surface area contributed by atoms with Crippen LogP contribution >= 0.6 is 12.6 Å². The molecule has 0 aromatic rings. The SMILES string of the molecule is CC(S)NCC(=O)O. The van der Waals surface area contributed by atoms with Crippen LogP contribution < -0.4 is 5.32 Å². The zero-order chi connectivity index (χ0) is 6.57. The molecule has 2 N–H and O–H groups in total. The summed E-state index contributed by atoms with van der Waals surface area (Å²) in [4.78, 5) is 9.81. The molecule has 0 aromatic carbocycles. The molecular formula is C4H9NO2S. The van der Waals surface area contributed by atoms with Crippen molar-refractivity contribution in [1.29, 1.82) is 0 Å². The van der Waals surface area contributed by atoms with Gasteiger partial charge in [0.05, 0.1) is 6.54 Å². The number of carboxylic acid groups (broad SMARTS) is 1. The molecule has 3 nitrogen and oxygen atoms in total. The molecule has 0 saturated carbocycles. The summed E-state index contributed by atoms with van der Waals surface area (Å²) in [6, 6.07) is 0. The predicted molar refractivity (Wildman–Crippen MR) is 34.1 cm³/mol. The smallest absolute Gasteiger partial charge is 0.317 e. The minimum atomic E-state index is -0.856. The summed E-state index contributed by atoms with van der Waals surface area (Å²) in [7, 11) is 0. The maximum absolute atomic E-state index is 9.81. The fourth-order valence-electron chi connectivity index (χ4n) is 0.235. The Kier molecular flexibility index (Phi) is 3.64. The first kappa shape index (κ1) is 7.78. The summed E-state index contributed by atoms with van der Waals surface area (Å²) in [5.41, 5.74) is 0. The van der Waals surface area contributed by atoms with Gasteiger partial charge in [0.2, 0.25) is 0 Å². The van der Waals surface area contributed by atoms with Crippen LogP contribution in [-0.4, -0.2) is 23.0 Å². The first-order chi connectivity index (χ1) is 3.63. The van der Waals surface area contributed by atoms with Gasteiger partial charge in [-0.1, -0.05) is 0 Å². The van der Waals surface area contributed by atoms with E-state index in [9.17, 15) is 4.79 Å². The second-order valence-electron chi connectivity index (χ2n) is 1.45. The molecular weight excluding hydrogens is 126 g/mol. The van der Waals surface area contributed by atoms with Crippen molar-refractivity contribution in [2.24, 2.45) is 0 Å². The quantitative estimate of drug-likeness (QED) is 0.375. The molecule has 0 aliphatic heterocycles. The van der Waals surface area contributed by atoms with E-state index in [0.717, 1.165) is 0 Å². The van der Waals surface area contributed by atoms with E-state index in [1.54, 1.807) is 6.92 Å². The van der Waals surface area contributed by atoms with Crippen molar-refractivity contribution in [2.75, 3.05) is 6.54 Å². The number of thiol groups is 1. The molecule has 0 amide bonds. The molecule has 1 atom stereocenters. The molecule has 0 fully saturated rings. The van der Waals surface area contributed by atoms with Crippen LogP contribution in [0.4, 0.5) is 0 Å². The first-order valence-electron chi connectivity index (χ1n) is 2.26. The van der Waals surface area contributed by atoms with Gasteiger partial charge in [0.25, 0.3) is 0 Å². The second-order valence-corrected chi connectivity index (χ2v) is 2.23. The Hall–Kier alpha value is -0.220. The lowest BCUT2D eigenvalue weighted by atomic mass is 10.6. The van der Waals surface area contributed by atoms with E-state index < -0.39 is 5.97 Å². The van der Waals surface area contributed by atoms with E-state index in [2.05, 4.69) is 17.9 Å². The van der Waals surface area contributed by atoms with Crippen molar-refractivity contribution in [3.63, 3.8) is 0 Å². The zero-order valence-corrected chi connectivity index (χ0v) is 5.48. The van der Waals surface area contributed by atoms with Gasteiger partial charge in [0.15, 0.2) is 0 Å². The standard InChI is InChI=1S/C4H9NO2S/c1-3(8)5-2-4(6)7/h3,5,8H,2H2,1H3,(H,6,7). The van der Waals surface area contributed by atoms with Gasteiger partial charge in [-0.15, -0.1) is 0 Å². The molecule has 48 valence electrons. The van der Waals surface area contributed by atoms with Crippen LogP contribution in [-0.2, 0) is 4.79 Å². The summed E-state index contributed by atoms with van der Waals surface area (Å²) >= 11 is 3.90. The van der Waals surface area contributed by atoms with Crippen molar-refractivity contribution >= 4 is 18.6 Å². The molecule has 0 aliphatic carbocycles. The number of rotatable bonds is 3. The molecule has 0 rings (SSSR count). The summed E-state index contributed by atoms with van der Waals surface area (Å²) < 4.78 is 0. The maximum Gasteiger partial charge on any atom is 0.317 e. The minimum absolute atomic E-state index is 0.0231. The lowest BCUT2D eigenvalue weighted by Crippen LogP contribution is -2.27. The Morgan fingerprint density at radius 1 is 2.00 bits per heavy atom. The highest BCUT2D eigenvalue weighted by Gasteiger charge is 1.96. The largest absolute Gasteiger partial charge is 0.480 e. The normalized spacial score (nSPS) is 13.2. The van der Waals surface area contributed by atoms with Gasteiger partial charge in [-0.2, -0.15) is 12.6 Å². The van der Waals surface area contributed by atoms with Crippen LogP contribution in [0, 0.1) is 0 Å². The van der Waals surface area contributed by atoms with E-state index in [1.165, 1.54) is 0 Å². The maximum atomic E-state index is 9.81. The molecule has 0 aromatic heterocycles. The van der Waals surface area contributed by atoms with Crippen LogP contribution in [0.2, 0.25) is 0 Å². The van der Waals surface area contributed by atoms with Crippen molar-refractivity contribution in [1.82, 2.24) is 5.32 Å². The Balaban J connectivity index is 3.05. The Morgan fingerprint density at radius 2 is 2.50 bits per heavy atom. The van der Waals surface area contributed by atoms with Crippen LogP contribution in [0.15, 0.2) is 0 Å². The highest BCUT2D eigenvalue weighted by Crippen LogP contribution is 1.82. The van der Waals surface area contributed by atoms with Gasteiger partial charge < -0.3 is 5.11 Å². The van der Waals surface area contributed by atoms with E-state index in [0.29, 0.717) is 0 Å². The number of hydrogen-bond acceptors (Lipinski definition) is 3. The molecule has 0 spiro atoms. The minimum Gasteiger partial charge on any atom is -0.480 e. The van der Waals surface area contributed by atoms with Gasteiger partial charge in [-0.05, 0) is 6.92 Å². The van der Waals surface area contributed by atoms with Gasteiger partial charge in [-0.25, -0.2) is 0 Å². The lowest BCUT2D eigenvalue weighted by Gasteiger charge is -2.01. The van der Waals surface area contributed by atoms with Gasteiger partial charge >= 0.3 is 5.97 Å². The third-order valence-electron chi connectivity index (χ3n) is 0.549. The molecule has 8 heavy (non-hydrogen) atoms. The van der Waals surface area contributed by atoms with Crippen molar-refractivity contribution < 1.29 is 9.90 Å². The molecule has 0 aliphatic rings. The first-order valence-corrected chi connectivity index (χ1v) is 2.78. The number of carbonyl (C=O) groups is 1. The van der Waals surface area contributed by atoms with E-state index in [1.807, 2.05) is 0 Å². The topological polar surface area (TPSA) is 49.3 Å². The van der Waals surface area contributed by atoms with E-state index in [4.69, 9.17) is 5.11 Å². The fraction of sp³-hybridized carbons (Fsp3) is 0.750. The van der Waals surface area contributed by atoms with Gasteiger partial charge in [0.1, 0.15) is 0 Å². The van der Waals surface area contributed by atoms with Crippen molar-refractivity contribution in [2.45, 2.75) is 12.3 Å². The van der Waals surface area contributed by atoms with Crippen molar-refractivity contribution in [3.8, 4) is 0 Å². The molecule has 4 heteroatoms. The van der Waals surface area contributed by atoms with E-state index in [-0.39, 0.29) is 11.9 Å². The van der Waals surface area contributed by atoms with Crippen molar-refractivity contribution in [3.05, 3.63) is 0 Å². The van der Waals surface area contributed by atoms with Gasteiger partial charge in [0, 0.05) is 5.37 Å². The highest BCUT2D eigenvalue weighted by atomic mass is 32.1. The van der Waals surface area contributed by atoms with Gasteiger partial charge in [-0.3, -0.25) is 10.1 Å². The number of hydrogen-bond donors (Lipinski definition) is 3. The summed E-state index contributed by atoms with van der Waals surface area (Å²) in [6.07, 6.45) is 0. The van der Waals surface area contributed by atoms with Crippen LogP contribution in [0.5, 0.6) is 0 Å². The summed E-state index contributed by atoms with van der Waals surface area (Å²) in [6.45, 7) is 1.75. The lowest BCUT2D eigenvalue weighted by molar-refractivity contribution is -0.135. The Morgan fingerprint density at radius 3 is 2.62 bits per heavy atom. The monoisotopic (exact) mass is 135 g/mol. The Bertz CT molecular complexity index is 84.1. The Labute approximate surface area is 53.5 Å². The molecule has 0 bridgehead atoms. The molecule has 0 radical (unpaired) electrons. The second kappa shape index (κ2) is 3.74. The molecule has 0 heterocycles. The molecule has 0 saturated heterocycles. The summed E-state index contributed by atoms with van der Waals surface area (Å²) in [5.74, 6) is -0.856. The predicted octanol–water partition coefficient (Wildman–Crippen LogP) is -0.0636. The number of nitrogens with one attached hydrogen (secondary N) is 1. The third-order valence-corrected chi connectivity index (χ3v) is 0.731. The van der Waals surface area contributed by atoms with Crippen LogP contribution in [0.1, 0.15) is 6.92 Å². The van der Waals surface area contributed by atoms with Crippen LogP contribution in [0.3, 0.4) is 0 Å². The third kappa shape index (κ3) is 5.78. The van der Waals surface area contributed by atoms with E-state index >= 15 is 0 Å². The van der Waals surface area contributed by atoms with Crippen LogP contribution in [0.25, 0.3) is 0 Å². The highest BCUT2D eigenvalue weighted by molar-refractivity contribution is 7.80. The number of aliphatic carboxylic acids is 1. The average Bonchev–Trinajstić information content (AvgIpc) is 1.61. The molecule has 1 unspecified atom stereocenters. The zero-order valence-electron chi connectivity index (χ0n) is 4.59. The average molecular weight is 135 g/mol. The summed E-state index contributed by atoms with van der Waals surface area (Å²) in [5, 5.41) is 10.6.